The van der Waals surface area contributed by atoms with Crippen LogP contribution in [-0.4, -0.2) is 9.55 Å². The minimum Gasteiger partial charge on any atom is -0.509 e. The van der Waals surface area contributed by atoms with Gasteiger partial charge in [-0.2, -0.15) is 12.1 Å². The predicted molar refractivity (Wildman–Crippen MR) is 247 cm³/mol. The van der Waals surface area contributed by atoms with Crippen LogP contribution in [0.25, 0.3) is 38.8 Å². The van der Waals surface area contributed by atoms with Crippen molar-refractivity contribution >= 4 is 50.2 Å². The zero-order valence-corrected chi connectivity index (χ0v) is 37.0. The maximum Gasteiger partial charge on any atom is 0.157 e. The Morgan fingerprint density at radius 2 is 1.23 bits per heavy atom. The zero-order valence-electron chi connectivity index (χ0n) is 34.8. The van der Waals surface area contributed by atoms with Crippen LogP contribution in [0.1, 0.15) is 26.3 Å². The summed E-state index contributed by atoms with van der Waals surface area (Å²) in [5, 5.41) is 2.18. The van der Waals surface area contributed by atoms with Crippen molar-refractivity contribution in [2.45, 2.75) is 26.2 Å². The Labute approximate surface area is 384 Å². The molecule has 64 heavy (non-hydrogen) atoms. The SMILES string of the molecule is CC(C)(C)c1ccnc(-n2c3[c-]c(Oc4[c-]c(N5C=CN(c6cc7c8c(c6)Oc6cccc9c6N8c6c(cccc6O7)O9)[CH-]5)ccc4)ccc3c3cc(-c4ccccc4)ccc32)c1.[Pt]. The summed E-state index contributed by atoms with van der Waals surface area (Å²) in [7, 11) is 0. The Kier molecular flexibility index (Phi) is 8.52. The van der Waals surface area contributed by atoms with Gasteiger partial charge in [0.25, 0.3) is 0 Å². The molecule has 0 atom stereocenters. The van der Waals surface area contributed by atoms with Crippen molar-refractivity contribution < 1.29 is 40.0 Å². The molecule has 7 aromatic carbocycles. The molecule has 314 valence electrons. The average Bonchev–Trinajstić information content (AvgIpc) is 3.93. The number of rotatable bonds is 6. The molecule has 0 aliphatic carbocycles. The van der Waals surface area contributed by atoms with E-state index in [9.17, 15) is 0 Å². The van der Waals surface area contributed by atoms with Crippen LogP contribution in [-0.2, 0) is 26.5 Å². The second-order valence-electron chi connectivity index (χ2n) is 17.0. The fourth-order valence-electron chi connectivity index (χ4n) is 9.01. The Balaban J connectivity index is 0.00000433. The molecule has 9 aromatic rings. The number of nitrogens with zero attached hydrogens (tertiary/aromatic N) is 5. The second-order valence-corrected chi connectivity index (χ2v) is 17.0. The molecule has 0 N–H and O–H groups in total. The standard InChI is InChI=1S/C54H36N5O4.Pt/c1-54(2,3)35-22-23-55-50(27-35)58-42-21-18-34(33-10-5-4-6-11-33)26-41(42)40-20-19-39(31-43(40)58)60-38-13-7-12-36(28-38)56-24-25-57(32-56)37-29-48-53-49(30-37)63-47-17-9-15-45-52(47)59(53)51-44(61-45)14-8-16-46(51)62-48;/h4-27,29-30,32H,1-3H3;/q-3;. The van der Waals surface area contributed by atoms with Crippen LogP contribution in [0.5, 0.6) is 46.0 Å². The average molecular weight is 1010 g/mol. The topological polar surface area (TPSA) is 64.5 Å². The molecule has 0 fully saturated rings. The summed E-state index contributed by atoms with van der Waals surface area (Å²) in [5.41, 5.74) is 9.67. The van der Waals surface area contributed by atoms with Gasteiger partial charge >= 0.3 is 0 Å². The van der Waals surface area contributed by atoms with Crippen LogP contribution in [0.3, 0.4) is 0 Å². The van der Waals surface area contributed by atoms with Crippen molar-refractivity contribution in [3.05, 3.63) is 182 Å². The molecule has 0 amide bonds. The summed E-state index contributed by atoms with van der Waals surface area (Å²) in [5.74, 6) is 6.28. The van der Waals surface area contributed by atoms with Crippen LogP contribution >= 0.6 is 0 Å². The Hall–Kier alpha value is -7.48. The molecule has 4 aliphatic rings. The first-order valence-electron chi connectivity index (χ1n) is 20.9. The van der Waals surface area contributed by atoms with E-state index in [0.717, 1.165) is 90.2 Å². The minimum atomic E-state index is -0.0486. The molecule has 0 saturated carbocycles. The Bertz CT molecular complexity index is 3340. The van der Waals surface area contributed by atoms with E-state index in [1.165, 1.54) is 5.56 Å². The molecule has 9 nitrogen and oxygen atoms in total. The summed E-state index contributed by atoms with van der Waals surface area (Å²) in [4.78, 5) is 11.1. The minimum absolute atomic E-state index is 0. The Morgan fingerprint density at radius 3 is 1.95 bits per heavy atom. The van der Waals surface area contributed by atoms with Crippen LogP contribution in [0.2, 0.25) is 0 Å². The van der Waals surface area contributed by atoms with Gasteiger partial charge in [-0.15, -0.1) is 48.1 Å². The van der Waals surface area contributed by atoms with Crippen molar-refractivity contribution in [1.82, 2.24) is 9.55 Å². The summed E-state index contributed by atoms with van der Waals surface area (Å²) < 4.78 is 28.1. The largest absolute Gasteiger partial charge is 0.509 e. The molecular formula is C54H36N5O4Pt-3. The predicted octanol–water partition coefficient (Wildman–Crippen LogP) is 14.2. The maximum atomic E-state index is 6.57. The molecule has 10 heteroatoms. The molecule has 4 aliphatic heterocycles. The molecule has 0 bridgehead atoms. The van der Waals surface area contributed by atoms with Crippen molar-refractivity contribution in [2.24, 2.45) is 0 Å². The third-order valence-corrected chi connectivity index (χ3v) is 12.1. The van der Waals surface area contributed by atoms with Gasteiger partial charge in [-0.1, -0.05) is 80.9 Å². The quantitative estimate of drug-likeness (QED) is 0.153. The van der Waals surface area contributed by atoms with Gasteiger partial charge in [0, 0.05) is 62.1 Å². The number of fused-ring (bicyclic) bond motifs is 3. The van der Waals surface area contributed by atoms with Crippen LogP contribution in [0.15, 0.2) is 158 Å². The molecule has 0 spiro atoms. The molecular weight excluding hydrogens is 978 g/mol. The summed E-state index contributed by atoms with van der Waals surface area (Å²) >= 11 is 0. The monoisotopic (exact) mass is 1010 g/mol. The van der Waals surface area contributed by atoms with Gasteiger partial charge in [0.15, 0.2) is 34.5 Å². The third-order valence-electron chi connectivity index (χ3n) is 12.1. The van der Waals surface area contributed by atoms with Gasteiger partial charge in [0.2, 0.25) is 0 Å². The molecule has 6 heterocycles. The zero-order chi connectivity index (χ0) is 42.0. The van der Waals surface area contributed by atoms with E-state index in [0.29, 0.717) is 23.0 Å². The van der Waals surface area contributed by atoms with Gasteiger partial charge in [-0.3, -0.25) is 4.90 Å². The van der Waals surface area contributed by atoms with Crippen molar-refractivity contribution in [3.8, 4) is 62.9 Å². The number of pyridine rings is 1. The van der Waals surface area contributed by atoms with Crippen molar-refractivity contribution in [2.75, 3.05) is 14.7 Å². The first-order chi connectivity index (χ1) is 30.8. The number of aromatic nitrogens is 2. The third kappa shape index (κ3) is 5.99. The summed E-state index contributed by atoms with van der Waals surface area (Å²) in [6.07, 6.45) is 5.89. The summed E-state index contributed by atoms with van der Waals surface area (Å²) in [6.45, 7) is 8.66. The smallest absolute Gasteiger partial charge is 0.157 e. The molecule has 0 unspecified atom stereocenters. The van der Waals surface area contributed by atoms with E-state index in [4.69, 9.17) is 23.9 Å². The number of ether oxygens (including phenoxy) is 4. The van der Waals surface area contributed by atoms with E-state index in [1.807, 2.05) is 114 Å². The van der Waals surface area contributed by atoms with E-state index in [1.54, 1.807) is 0 Å². The Morgan fingerprint density at radius 1 is 0.578 bits per heavy atom. The van der Waals surface area contributed by atoms with Gasteiger partial charge in [-0.05, 0) is 82.4 Å². The normalized spacial score (nSPS) is 13.9. The van der Waals surface area contributed by atoms with Gasteiger partial charge in [-0.25, -0.2) is 4.98 Å². The molecule has 0 saturated heterocycles. The fraction of sp³-hybridized carbons (Fsp3) is 0.0741. The van der Waals surface area contributed by atoms with E-state index in [-0.39, 0.29) is 26.5 Å². The van der Waals surface area contributed by atoms with Crippen LogP contribution in [0.4, 0.5) is 28.4 Å². The van der Waals surface area contributed by atoms with Gasteiger partial charge in [0.05, 0.1) is 0 Å². The van der Waals surface area contributed by atoms with Crippen LogP contribution in [0, 0.1) is 18.8 Å². The number of benzene rings is 7. The molecule has 13 rings (SSSR count). The van der Waals surface area contributed by atoms with Gasteiger partial charge in [0.1, 0.15) is 22.9 Å². The van der Waals surface area contributed by atoms with Crippen molar-refractivity contribution in [1.29, 1.82) is 0 Å². The molecule has 2 aromatic heterocycles. The number of para-hydroxylation sites is 2. The molecule has 0 radical (unpaired) electrons. The van der Waals surface area contributed by atoms with E-state index >= 15 is 0 Å². The number of anilines is 5. The first-order valence-corrected chi connectivity index (χ1v) is 20.9. The first kappa shape index (κ1) is 38.2. The van der Waals surface area contributed by atoms with E-state index in [2.05, 4.69) is 103 Å². The fourth-order valence-corrected chi connectivity index (χ4v) is 9.01. The van der Waals surface area contributed by atoms with Crippen LogP contribution < -0.4 is 33.6 Å². The number of hydrogen-bond acceptors (Lipinski definition) is 8. The maximum absolute atomic E-state index is 6.57. The van der Waals surface area contributed by atoms with E-state index < -0.39 is 0 Å². The summed E-state index contributed by atoms with van der Waals surface area (Å²) in [6, 6.07) is 54.3. The van der Waals surface area contributed by atoms with Gasteiger partial charge < -0.3 is 33.3 Å². The number of hydrogen-bond donors (Lipinski definition) is 0. The van der Waals surface area contributed by atoms with Crippen molar-refractivity contribution in [3.63, 3.8) is 0 Å². The second kappa shape index (κ2) is 14.3.